The average Bonchev–Trinajstić information content (AvgIpc) is 3.14. The lowest BCUT2D eigenvalue weighted by Crippen LogP contribution is -2.34. The molecule has 10 nitrogen and oxygen atoms in total. The number of hydrogen-bond donors (Lipinski definition) is 2. The number of ether oxygens (including phenoxy) is 1. The minimum absolute atomic E-state index is 0.0124. The molecule has 2 N–H and O–H groups in total. The highest BCUT2D eigenvalue weighted by Gasteiger charge is 2.34. The van der Waals surface area contributed by atoms with E-state index in [0.29, 0.717) is 23.6 Å². The number of sulfonamides is 1. The zero-order valence-electron chi connectivity index (χ0n) is 16.7. The number of sulfone groups is 1. The summed E-state index contributed by atoms with van der Waals surface area (Å²) in [5.74, 6) is 0.151. The van der Waals surface area contributed by atoms with E-state index in [1.165, 1.54) is 10.7 Å². The van der Waals surface area contributed by atoms with Gasteiger partial charge in [0.25, 0.3) is 15.9 Å². The number of fused-ring (bicyclic) bond motifs is 1. The van der Waals surface area contributed by atoms with Crippen molar-refractivity contribution in [1.82, 2.24) is 9.78 Å². The maximum atomic E-state index is 13.1. The van der Waals surface area contributed by atoms with Crippen molar-refractivity contribution in [2.45, 2.75) is 44.2 Å². The van der Waals surface area contributed by atoms with Crippen LogP contribution < -0.4 is 14.8 Å². The van der Waals surface area contributed by atoms with Crippen LogP contribution in [0, 0.1) is 13.8 Å². The molecule has 2 aromatic rings. The molecule has 0 aliphatic carbocycles. The van der Waals surface area contributed by atoms with Gasteiger partial charge < -0.3 is 10.1 Å². The van der Waals surface area contributed by atoms with Crippen LogP contribution in [-0.4, -0.2) is 50.1 Å². The number of anilines is 2. The second-order valence-electron chi connectivity index (χ2n) is 7.57. The Bertz CT molecular complexity index is 1250. The maximum Gasteiger partial charge on any atom is 0.265 e. The van der Waals surface area contributed by atoms with E-state index < -0.39 is 26.0 Å². The molecule has 1 amide bonds. The molecule has 30 heavy (non-hydrogen) atoms. The summed E-state index contributed by atoms with van der Waals surface area (Å²) in [6, 6.07) is 4.22. The molecule has 2 aliphatic heterocycles. The van der Waals surface area contributed by atoms with Crippen LogP contribution in [0.25, 0.3) is 0 Å². The molecule has 2 aliphatic rings. The highest BCUT2D eigenvalue weighted by molar-refractivity contribution is 7.92. The third-order valence-corrected chi connectivity index (χ3v) is 8.63. The molecule has 0 bridgehead atoms. The second-order valence-corrected chi connectivity index (χ2v) is 11.4. The van der Waals surface area contributed by atoms with Crippen LogP contribution in [-0.2, 0) is 24.7 Å². The number of carbonyl (C=O) groups excluding carboxylic acids is 1. The Labute approximate surface area is 174 Å². The summed E-state index contributed by atoms with van der Waals surface area (Å²) in [4.78, 5) is 11.8. The van der Waals surface area contributed by atoms with Crippen molar-refractivity contribution in [2.24, 2.45) is 0 Å². The summed E-state index contributed by atoms with van der Waals surface area (Å²) in [6.07, 6.45) is -0.226. The molecule has 12 heteroatoms. The highest BCUT2D eigenvalue weighted by atomic mass is 32.2. The predicted octanol–water partition coefficient (Wildman–Crippen LogP) is 1.38. The van der Waals surface area contributed by atoms with Crippen LogP contribution in [0.15, 0.2) is 23.1 Å². The minimum Gasteiger partial charge on any atom is -0.479 e. The van der Waals surface area contributed by atoms with Crippen molar-refractivity contribution in [3.8, 4) is 5.75 Å². The maximum absolute atomic E-state index is 13.1. The highest BCUT2D eigenvalue weighted by Crippen LogP contribution is 2.34. The zero-order chi connectivity index (χ0) is 21.8. The van der Waals surface area contributed by atoms with E-state index in [9.17, 15) is 21.6 Å². The molecule has 2 atom stereocenters. The van der Waals surface area contributed by atoms with Gasteiger partial charge in [0, 0.05) is 0 Å². The molecule has 4 rings (SSSR count). The number of carbonyl (C=O) groups is 1. The molecule has 0 unspecified atom stereocenters. The van der Waals surface area contributed by atoms with Crippen molar-refractivity contribution in [1.29, 1.82) is 0 Å². The average molecular weight is 455 g/mol. The molecule has 0 spiro atoms. The fourth-order valence-corrected chi connectivity index (χ4v) is 6.98. The van der Waals surface area contributed by atoms with Crippen molar-refractivity contribution >= 4 is 37.1 Å². The summed E-state index contributed by atoms with van der Waals surface area (Å²) in [7, 11) is -7.14. The number of aryl methyl sites for hydroxylation is 1. The van der Waals surface area contributed by atoms with Gasteiger partial charge in [0.05, 0.1) is 40.3 Å². The number of rotatable bonds is 4. The van der Waals surface area contributed by atoms with Gasteiger partial charge in [0.1, 0.15) is 10.6 Å². The number of benzene rings is 1. The van der Waals surface area contributed by atoms with Gasteiger partial charge in [-0.05, 0) is 45.4 Å². The van der Waals surface area contributed by atoms with Crippen LogP contribution in [0.2, 0.25) is 0 Å². The fourth-order valence-electron chi connectivity index (χ4n) is 3.84. The zero-order valence-corrected chi connectivity index (χ0v) is 18.3. The van der Waals surface area contributed by atoms with E-state index in [0.717, 1.165) is 0 Å². The largest absolute Gasteiger partial charge is 0.479 e. The van der Waals surface area contributed by atoms with E-state index in [2.05, 4.69) is 15.1 Å². The van der Waals surface area contributed by atoms with Crippen LogP contribution in [0.3, 0.4) is 0 Å². The Hall–Kier alpha value is -2.60. The van der Waals surface area contributed by atoms with E-state index in [4.69, 9.17) is 4.74 Å². The lowest BCUT2D eigenvalue weighted by Gasteiger charge is -2.23. The SMILES string of the molecule is Cc1nn([C@@H]2CCS(=O)(=O)C2)c(C)c1S(=O)(=O)Nc1ccc2c(c1)NC(=O)[C@@H](C)O2. The van der Waals surface area contributed by atoms with Crippen LogP contribution >= 0.6 is 0 Å². The fraction of sp³-hybridized carbons (Fsp3) is 0.444. The van der Waals surface area contributed by atoms with Crippen LogP contribution in [0.1, 0.15) is 30.8 Å². The van der Waals surface area contributed by atoms with Crippen LogP contribution in [0.5, 0.6) is 5.75 Å². The number of hydrogen-bond acceptors (Lipinski definition) is 7. The molecule has 0 saturated carbocycles. The lowest BCUT2D eigenvalue weighted by molar-refractivity contribution is -0.122. The first-order valence-electron chi connectivity index (χ1n) is 9.37. The Morgan fingerprint density at radius 3 is 2.70 bits per heavy atom. The number of nitrogens with zero attached hydrogens (tertiary/aromatic N) is 2. The molecule has 162 valence electrons. The van der Waals surface area contributed by atoms with E-state index in [1.54, 1.807) is 32.9 Å². The third-order valence-electron chi connectivity index (χ3n) is 5.24. The quantitative estimate of drug-likeness (QED) is 0.712. The second kappa shape index (κ2) is 6.98. The van der Waals surface area contributed by atoms with Gasteiger partial charge in [-0.25, -0.2) is 16.8 Å². The van der Waals surface area contributed by atoms with Gasteiger partial charge in [0.2, 0.25) is 0 Å². The number of aromatic nitrogens is 2. The summed E-state index contributed by atoms with van der Waals surface area (Å²) in [5, 5.41) is 6.99. The summed E-state index contributed by atoms with van der Waals surface area (Å²) in [6.45, 7) is 4.80. The molecule has 1 aromatic carbocycles. The lowest BCUT2D eigenvalue weighted by atomic mass is 10.2. The van der Waals surface area contributed by atoms with E-state index in [-0.39, 0.29) is 39.7 Å². The Kier molecular flexibility index (Phi) is 4.81. The van der Waals surface area contributed by atoms with Gasteiger partial charge in [-0.3, -0.25) is 14.2 Å². The summed E-state index contributed by atoms with van der Waals surface area (Å²) < 4.78 is 59.3. The number of nitrogens with one attached hydrogen (secondary N) is 2. The number of amides is 1. The summed E-state index contributed by atoms with van der Waals surface area (Å²) in [5.41, 5.74) is 1.29. The Balaban J connectivity index is 1.64. The van der Waals surface area contributed by atoms with E-state index >= 15 is 0 Å². The Morgan fingerprint density at radius 2 is 2.03 bits per heavy atom. The van der Waals surface area contributed by atoms with Gasteiger partial charge in [-0.15, -0.1) is 0 Å². The van der Waals surface area contributed by atoms with Gasteiger partial charge in [-0.1, -0.05) is 0 Å². The summed E-state index contributed by atoms with van der Waals surface area (Å²) >= 11 is 0. The van der Waals surface area contributed by atoms with Crippen molar-refractivity contribution in [2.75, 3.05) is 21.5 Å². The predicted molar refractivity (Wildman–Crippen MR) is 110 cm³/mol. The minimum atomic E-state index is -4.00. The molecular weight excluding hydrogens is 432 g/mol. The van der Waals surface area contributed by atoms with E-state index in [1.807, 2.05) is 0 Å². The topological polar surface area (TPSA) is 136 Å². The normalized spacial score (nSPS) is 22.8. The first-order chi connectivity index (χ1) is 14.0. The monoisotopic (exact) mass is 454 g/mol. The van der Waals surface area contributed by atoms with Gasteiger partial charge in [0.15, 0.2) is 15.9 Å². The molecular formula is C18H22N4O6S2. The first-order valence-corrected chi connectivity index (χ1v) is 12.7. The standard InChI is InChI=1S/C18H22N4O6S2/c1-10-17(11(2)22(20-10)14-6-7-29(24,25)9-14)30(26,27)21-13-4-5-16-15(8-13)19-18(23)12(3)28-16/h4-5,8,12,14,21H,6-7,9H2,1-3H3,(H,19,23)/t12-,14-/m1/s1. The smallest absolute Gasteiger partial charge is 0.265 e. The molecule has 1 aromatic heterocycles. The first kappa shape index (κ1) is 20.7. The van der Waals surface area contributed by atoms with Crippen LogP contribution in [0.4, 0.5) is 11.4 Å². The van der Waals surface area contributed by atoms with Gasteiger partial charge in [-0.2, -0.15) is 5.10 Å². The molecule has 1 saturated heterocycles. The molecule has 0 radical (unpaired) electrons. The van der Waals surface area contributed by atoms with Gasteiger partial charge >= 0.3 is 0 Å². The van der Waals surface area contributed by atoms with Crippen molar-refractivity contribution in [3.05, 3.63) is 29.6 Å². The van der Waals surface area contributed by atoms with Crippen molar-refractivity contribution < 1.29 is 26.4 Å². The van der Waals surface area contributed by atoms with Crippen molar-refractivity contribution in [3.63, 3.8) is 0 Å². The third kappa shape index (κ3) is 3.65. The Morgan fingerprint density at radius 1 is 1.30 bits per heavy atom. The molecule has 1 fully saturated rings. The molecule has 3 heterocycles.